The van der Waals surface area contributed by atoms with E-state index in [2.05, 4.69) is 22.3 Å². The molecule has 0 unspecified atom stereocenters. The first-order valence-corrected chi connectivity index (χ1v) is 5.56. The maximum Gasteiger partial charge on any atom is 0.209 e. The molecular weight excluding hydrogens is 202 g/mol. The van der Waals surface area contributed by atoms with Gasteiger partial charge in [-0.25, -0.2) is 0 Å². The molecule has 86 valence electrons. The van der Waals surface area contributed by atoms with Gasteiger partial charge in [0.1, 0.15) is 0 Å². The highest BCUT2D eigenvalue weighted by Gasteiger charge is 2.17. The van der Waals surface area contributed by atoms with E-state index >= 15 is 0 Å². The van der Waals surface area contributed by atoms with Crippen LogP contribution in [-0.4, -0.2) is 44.5 Å². The summed E-state index contributed by atoms with van der Waals surface area (Å²) in [4.78, 5) is 14.8. The van der Waals surface area contributed by atoms with Crippen molar-refractivity contribution in [3.05, 3.63) is 24.3 Å². The highest BCUT2D eigenvalue weighted by atomic mass is 16.1. The Labute approximate surface area is 95.8 Å². The van der Waals surface area contributed by atoms with E-state index in [1.165, 1.54) is 5.69 Å². The van der Waals surface area contributed by atoms with Crippen molar-refractivity contribution in [2.75, 3.05) is 43.4 Å². The molecule has 0 bridgehead atoms. The van der Waals surface area contributed by atoms with Crippen LogP contribution in [0.2, 0.25) is 0 Å². The fourth-order valence-electron chi connectivity index (χ4n) is 2.03. The summed E-state index contributed by atoms with van der Waals surface area (Å²) in [6, 6.07) is 8.25. The summed E-state index contributed by atoms with van der Waals surface area (Å²) in [5.74, 6) is 0. The highest BCUT2D eigenvalue weighted by molar-refractivity contribution is 5.70. The van der Waals surface area contributed by atoms with Crippen molar-refractivity contribution in [2.24, 2.45) is 0 Å². The zero-order chi connectivity index (χ0) is 11.4. The van der Waals surface area contributed by atoms with E-state index < -0.39 is 0 Å². The lowest BCUT2D eigenvalue weighted by molar-refractivity contribution is -0.118. The lowest BCUT2D eigenvalue weighted by Gasteiger charge is -2.35. The van der Waals surface area contributed by atoms with E-state index in [4.69, 9.17) is 0 Å². The largest absolute Gasteiger partial charge is 0.386 e. The van der Waals surface area contributed by atoms with E-state index in [1.54, 1.807) is 0 Å². The normalized spacial score (nSPS) is 16.1. The van der Waals surface area contributed by atoms with Crippen LogP contribution in [0, 0.1) is 0 Å². The number of hydrogen-bond acceptors (Lipinski definition) is 3. The Morgan fingerprint density at radius 1 is 1.19 bits per heavy atom. The van der Waals surface area contributed by atoms with Gasteiger partial charge in [-0.2, -0.15) is 0 Å². The first-order valence-electron chi connectivity index (χ1n) is 5.56. The monoisotopic (exact) mass is 219 g/mol. The molecule has 0 aromatic heterocycles. The zero-order valence-electron chi connectivity index (χ0n) is 9.52. The predicted octanol–water partition coefficient (Wildman–Crippen LogP) is 1.01. The molecule has 1 fully saturated rings. The number of nitrogens with zero attached hydrogens (tertiary/aromatic N) is 2. The quantitative estimate of drug-likeness (QED) is 0.771. The molecule has 1 heterocycles. The Kier molecular flexibility index (Phi) is 3.29. The van der Waals surface area contributed by atoms with E-state index in [-0.39, 0.29) is 0 Å². The molecule has 1 aliphatic heterocycles. The Bertz CT molecular complexity index is 359. The van der Waals surface area contributed by atoms with Crippen molar-refractivity contribution < 1.29 is 4.79 Å². The van der Waals surface area contributed by atoms with Gasteiger partial charge in [0.05, 0.1) is 11.4 Å². The Hall–Kier alpha value is -1.71. The lowest BCUT2D eigenvalue weighted by atomic mass is 10.2. The summed E-state index contributed by atoms with van der Waals surface area (Å²) in [6.07, 6.45) is 0.932. The molecule has 2 rings (SSSR count). The van der Waals surface area contributed by atoms with Crippen molar-refractivity contribution in [1.82, 2.24) is 4.90 Å². The summed E-state index contributed by atoms with van der Waals surface area (Å²) in [5, 5.41) is 3.19. The number of hydrogen-bond donors (Lipinski definition) is 1. The van der Waals surface area contributed by atoms with Crippen LogP contribution in [0.25, 0.3) is 0 Å². The maximum absolute atomic E-state index is 10.6. The van der Waals surface area contributed by atoms with Gasteiger partial charge in [0, 0.05) is 33.2 Å². The van der Waals surface area contributed by atoms with Crippen LogP contribution >= 0.6 is 0 Å². The second-order valence-corrected chi connectivity index (χ2v) is 3.90. The van der Waals surface area contributed by atoms with Crippen molar-refractivity contribution in [1.29, 1.82) is 0 Å². The summed E-state index contributed by atoms with van der Waals surface area (Å²) in [5.41, 5.74) is 2.36. The molecule has 1 N–H and O–H groups in total. The van der Waals surface area contributed by atoms with Crippen molar-refractivity contribution >= 4 is 17.8 Å². The minimum Gasteiger partial charge on any atom is -0.386 e. The second-order valence-electron chi connectivity index (χ2n) is 3.90. The number of carbonyl (C=O) groups is 1. The van der Waals surface area contributed by atoms with Crippen LogP contribution in [0.4, 0.5) is 11.4 Å². The zero-order valence-corrected chi connectivity index (χ0v) is 9.52. The van der Waals surface area contributed by atoms with Crippen molar-refractivity contribution in [3.63, 3.8) is 0 Å². The summed E-state index contributed by atoms with van der Waals surface area (Å²) in [6.45, 7) is 3.41. The van der Waals surface area contributed by atoms with Crippen LogP contribution in [0.5, 0.6) is 0 Å². The van der Waals surface area contributed by atoms with Crippen LogP contribution in [-0.2, 0) is 4.79 Å². The van der Waals surface area contributed by atoms with E-state index in [0.29, 0.717) is 0 Å². The highest BCUT2D eigenvalue weighted by Crippen LogP contribution is 2.25. The fourth-order valence-corrected chi connectivity index (χ4v) is 2.03. The van der Waals surface area contributed by atoms with Gasteiger partial charge in [0.15, 0.2) is 0 Å². The summed E-state index contributed by atoms with van der Waals surface area (Å²) in [7, 11) is 1.93. The van der Waals surface area contributed by atoms with E-state index in [9.17, 15) is 4.79 Å². The average Bonchev–Trinajstić information content (AvgIpc) is 2.39. The number of para-hydroxylation sites is 2. The van der Waals surface area contributed by atoms with Gasteiger partial charge in [-0.1, -0.05) is 12.1 Å². The first kappa shape index (κ1) is 10.8. The standard InChI is InChI=1S/C12H17N3O/c1-13-11-4-2-3-5-12(11)15-8-6-14(10-16)7-9-15/h2-5,10,13H,6-9H2,1H3. The smallest absolute Gasteiger partial charge is 0.209 e. The SMILES string of the molecule is CNc1ccccc1N1CCN(C=O)CC1. The van der Waals surface area contributed by atoms with Gasteiger partial charge in [-0.3, -0.25) is 4.79 Å². The van der Waals surface area contributed by atoms with Gasteiger partial charge in [-0.05, 0) is 12.1 Å². The number of carbonyl (C=O) groups excluding carboxylic acids is 1. The number of amides is 1. The minimum atomic E-state index is 0.807. The molecular formula is C12H17N3O. The van der Waals surface area contributed by atoms with Gasteiger partial charge in [0.2, 0.25) is 6.41 Å². The minimum absolute atomic E-state index is 0.807. The molecule has 1 saturated heterocycles. The van der Waals surface area contributed by atoms with Crippen LogP contribution in [0.1, 0.15) is 0 Å². The lowest BCUT2D eigenvalue weighted by Crippen LogP contribution is -2.45. The molecule has 0 spiro atoms. The number of piperazine rings is 1. The van der Waals surface area contributed by atoms with Gasteiger partial charge < -0.3 is 15.1 Å². The molecule has 1 amide bonds. The van der Waals surface area contributed by atoms with Gasteiger partial charge >= 0.3 is 0 Å². The number of benzene rings is 1. The predicted molar refractivity (Wildman–Crippen MR) is 65.8 cm³/mol. The summed E-state index contributed by atoms with van der Waals surface area (Å²) < 4.78 is 0. The number of nitrogens with one attached hydrogen (secondary N) is 1. The number of anilines is 2. The molecule has 0 radical (unpaired) electrons. The van der Waals surface area contributed by atoms with E-state index in [1.807, 2.05) is 24.1 Å². The molecule has 4 nitrogen and oxygen atoms in total. The Morgan fingerprint density at radius 3 is 2.50 bits per heavy atom. The molecule has 1 aromatic rings. The third-order valence-electron chi connectivity index (χ3n) is 2.98. The van der Waals surface area contributed by atoms with Crippen molar-refractivity contribution in [3.8, 4) is 0 Å². The number of rotatable bonds is 3. The fraction of sp³-hybridized carbons (Fsp3) is 0.417. The third-order valence-corrected chi connectivity index (χ3v) is 2.98. The van der Waals surface area contributed by atoms with Crippen LogP contribution < -0.4 is 10.2 Å². The van der Waals surface area contributed by atoms with E-state index in [0.717, 1.165) is 38.3 Å². The molecule has 0 saturated carbocycles. The molecule has 4 heteroatoms. The molecule has 1 aliphatic rings. The Balaban J connectivity index is 2.10. The second kappa shape index (κ2) is 4.88. The molecule has 16 heavy (non-hydrogen) atoms. The van der Waals surface area contributed by atoms with Crippen LogP contribution in [0.3, 0.4) is 0 Å². The van der Waals surface area contributed by atoms with Gasteiger partial charge in [0.25, 0.3) is 0 Å². The topological polar surface area (TPSA) is 35.6 Å². The summed E-state index contributed by atoms with van der Waals surface area (Å²) >= 11 is 0. The Morgan fingerprint density at radius 2 is 1.88 bits per heavy atom. The first-order chi connectivity index (χ1) is 7.85. The maximum atomic E-state index is 10.6. The molecule has 0 atom stereocenters. The molecule has 1 aromatic carbocycles. The molecule has 0 aliphatic carbocycles. The third kappa shape index (κ3) is 2.10. The average molecular weight is 219 g/mol. The van der Waals surface area contributed by atoms with Crippen LogP contribution in [0.15, 0.2) is 24.3 Å². The van der Waals surface area contributed by atoms with Crippen molar-refractivity contribution in [2.45, 2.75) is 0 Å². The van der Waals surface area contributed by atoms with Gasteiger partial charge in [-0.15, -0.1) is 0 Å².